The highest BCUT2D eigenvalue weighted by Gasteiger charge is 2.18. The van der Waals surface area contributed by atoms with Crippen LogP contribution in [-0.2, 0) is 19.0 Å². The van der Waals surface area contributed by atoms with Crippen LogP contribution < -0.4 is 0 Å². The van der Waals surface area contributed by atoms with Crippen LogP contribution in [0.5, 0.6) is 0 Å². The zero-order valence-electron chi connectivity index (χ0n) is 8.98. The summed E-state index contributed by atoms with van der Waals surface area (Å²) in [6.45, 7) is 3.38. The van der Waals surface area contributed by atoms with Crippen molar-refractivity contribution < 1.29 is 24.1 Å². The van der Waals surface area contributed by atoms with Crippen LogP contribution >= 0.6 is 0 Å². The lowest BCUT2D eigenvalue weighted by Gasteiger charge is -2.13. The van der Waals surface area contributed by atoms with Crippen LogP contribution in [0.3, 0.4) is 0 Å². The fourth-order valence-corrected chi connectivity index (χ4v) is 1.05. The largest absolute Gasteiger partial charge is 0.438 e. The molecule has 1 unspecified atom stereocenters. The molecule has 0 saturated heterocycles. The summed E-state index contributed by atoms with van der Waals surface area (Å²) in [5, 5.41) is 8.31. The van der Waals surface area contributed by atoms with Crippen LogP contribution in [0.15, 0.2) is 12.7 Å². The van der Waals surface area contributed by atoms with Crippen molar-refractivity contribution in [2.24, 2.45) is 5.92 Å². The summed E-state index contributed by atoms with van der Waals surface area (Å²) >= 11 is 0. The molecule has 0 spiro atoms. The minimum atomic E-state index is -0.461. The number of allylic oxidation sites excluding steroid dienone is 1. The topological polar surface area (TPSA) is 65.0 Å². The number of carbonyl (C=O) groups is 1. The molecule has 0 bridgehead atoms. The molecule has 15 heavy (non-hydrogen) atoms. The molecular formula is C10H18O5. The summed E-state index contributed by atoms with van der Waals surface area (Å²) in [6.07, 6.45) is 2.79. The van der Waals surface area contributed by atoms with Crippen LogP contribution in [0.2, 0.25) is 0 Å². The Kier molecular flexibility index (Phi) is 9.05. The Bertz CT molecular complexity index is 181. The minimum absolute atomic E-state index is 0.226. The average molecular weight is 218 g/mol. The number of ether oxygens (including phenoxy) is 3. The molecule has 0 saturated carbocycles. The predicted octanol–water partition coefficient (Wildman–Crippen LogP) is 0.682. The first kappa shape index (κ1) is 14.1. The van der Waals surface area contributed by atoms with Gasteiger partial charge >= 0.3 is 5.97 Å². The van der Waals surface area contributed by atoms with E-state index < -0.39 is 6.79 Å². The number of carbonyl (C=O) groups excluding carboxylic acids is 1. The van der Waals surface area contributed by atoms with Gasteiger partial charge in [0.15, 0.2) is 6.79 Å². The van der Waals surface area contributed by atoms with E-state index in [1.54, 1.807) is 13.2 Å². The second-order valence-electron chi connectivity index (χ2n) is 2.92. The Morgan fingerprint density at radius 3 is 2.87 bits per heavy atom. The van der Waals surface area contributed by atoms with E-state index in [9.17, 15) is 4.79 Å². The lowest BCUT2D eigenvalue weighted by molar-refractivity contribution is -0.168. The minimum Gasteiger partial charge on any atom is -0.438 e. The third-order valence-corrected chi connectivity index (χ3v) is 1.83. The monoisotopic (exact) mass is 218 g/mol. The highest BCUT2D eigenvalue weighted by molar-refractivity contribution is 5.72. The van der Waals surface area contributed by atoms with Gasteiger partial charge in [0.05, 0.1) is 5.92 Å². The molecule has 0 heterocycles. The van der Waals surface area contributed by atoms with E-state index in [-0.39, 0.29) is 18.7 Å². The molecule has 0 aliphatic heterocycles. The maximum Gasteiger partial charge on any atom is 0.311 e. The van der Waals surface area contributed by atoms with Gasteiger partial charge in [-0.1, -0.05) is 6.08 Å². The van der Waals surface area contributed by atoms with Crippen LogP contribution in [0.1, 0.15) is 12.8 Å². The third kappa shape index (κ3) is 7.07. The maximum absolute atomic E-state index is 11.4. The highest BCUT2D eigenvalue weighted by atomic mass is 16.7. The van der Waals surface area contributed by atoms with E-state index in [2.05, 4.69) is 11.3 Å². The van der Waals surface area contributed by atoms with E-state index in [4.69, 9.17) is 14.6 Å². The van der Waals surface area contributed by atoms with Crippen molar-refractivity contribution in [3.05, 3.63) is 12.7 Å². The molecular weight excluding hydrogens is 200 g/mol. The van der Waals surface area contributed by atoms with Crippen molar-refractivity contribution in [2.75, 3.05) is 27.3 Å². The van der Waals surface area contributed by atoms with Crippen molar-refractivity contribution in [1.29, 1.82) is 0 Å². The number of esters is 1. The van der Waals surface area contributed by atoms with Gasteiger partial charge in [0.1, 0.15) is 6.79 Å². The van der Waals surface area contributed by atoms with E-state index >= 15 is 0 Å². The summed E-state index contributed by atoms with van der Waals surface area (Å²) in [4.78, 5) is 11.4. The van der Waals surface area contributed by atoms with Crippen molar-refractivity contribution in [3.8, 4) is 0 Å². The molecule has 0 radical (unpaired) electrons. The molecule has 0 aromatic heterocycles. The number of methoxy groups -OCH3 is 1. The van der Waals surface area contributed by atoms with Crippen molar-refractivity contribution in [3.63, 3.8) is 0 Å². The van der Waals surface area contributed by atoms with Crippen LogP contribution in [0.25, 0.3) is 0 Å². The van der Waals surface area contributed by atoms with Gasteiger partial charge in [-0.15, -0.1) is 6.58 Å². The molecule has 0 aromatic rings. The second kappa shape index (κ2) is 9.64. The fourth-order valence-electron chi connectivity index (χ4n) is 1.05. The first-order valence-corrected chi connectivity index (χ1v) is 4.71. The molecule has 0 aromatic carbocycles. The van der Waals surface area contributed by atoms with Crippen LogP contribution in [0, 0.1) is 5.92 Å². The number of rotatable bonds is 9. The van der Waals surface area contributed by atoms with Gasteiger partial charge < -0.3 is 19.3 Å². The molecule has 1 N–H and O–H groups in total. The zero-order chi connectivity index (χ0) is 11.5. The summed E-state index contributed by atoms with van der Waals surface area (Å²) in [5.41, 5.74) is 0. The summed E-state index contributed by atoms with van der Waals surface area (Å²) < 4.78 is 14.1. The third-order valence-electron chi connectivity index (χ3n) is 1.83. The summed E-state index contributed by atoms with van der Waals surface area (Å²) in [6, 6.07) is 0. The van der Waals surface area contributed by atoms with E-state index in [1.807, 2.05) is 0 Å². The molecule has 0 amide bonds. The van der Waals surface area contributed by atoms with Gasteiger partial charge in [-0.3, -0.25) is 4.79 Å². The van der Waals surface area contributed by atoms with Gasteiger partial charge in [-0.05, 0) is 12.8 Å². The Balaban J connectivity index is 3.86. The van der Waals surface area contributed by atoms with Crippen LogP contribution in [-0.4, -0.2) is 38.4 Å². The first-order chi connectivity index (χ1) is 7.26. The van der Waals surface area contributed by atoms with Gasteiger partial charge in [0, 0.05) is 13.7 Å². The van der Waals surface area contributed by atoms with Crippen LogP contribution in [0.4, 0.5) is 0 Å². The van der Waals surface area contributed by atoms with E-state index in [1.165, 1.54) is 0 Å². The van der Waals surface area contributed by atoms with Crippen molar-refractivity contribution in [1.82, 2.24) is 0 Å². The molecule has 0 aliphatic carbocycles. The van der Waals surface area contributed by atoms with Crippen molar-refractivity contribution >= 4 is 5.97 Å². The van der Waals surface area contributed by atoms with Gasteiger partial charge in [-0.25, -0.2) is 0 Å². The lowest BCUT2D eigenvalue weighted by atomic mass is 10.0. The standard InChI is InChI=1S/C10H18O5/c1-3-4-9(5-6-13-2)10(12)15-8-14-7-11/h3,9,11H,1,4-8H2,2H3. The smallest absolute Gasteiger partial charge is 0.311 e. The van der Waals surface area contributed by atoms with E-state index in [0.29, 0.717) is 19.4 Å². The second-order valence-corrected chi connectivity index (χ2v) is 2.92. The maximum atomic E-state index is 11.4. The fraction of sp³-hybridized carbons (Fsp3) is 0.700. The molecule has 0 aliphatic rings. The van der Waals surface area contributed by atoms with E-state index in [0.717, 1.165) is 0 Å². The Labute approximate surface area is 89.6 Å². The lowest BCUT2D eigenvalue weighted by Crippen LogP contribution is -2.20. The van der Waals surface area contributed by atoms with Gasteiger partial charge in [0.25, 0.3) is 0 Å². The predicted molar refractivity (Wildman–Crippen MR) is 53.9 cm³/mol. The number of hydrogen-bond acceptors (Lipinski definition) is 5. The highest BCUT2D eigenvalue weighted by Crippen LogP contribution is 2.11. The quantitative estimate of drug-likeness (QED) is 0.267. The number of aliphatic hydroxyl groups excluding tert-OH is 1. The first-order valence-electron chi connectivity index (χ1n) is 4.71. The van der Waals surface area contributed by atoms with Crippen molar-refractivity contribution in [2.45, 2.75) is 12.8 Å². The number of hydrogen-bond donors (Lipinski definition) is 1. The number of aliphatic hydroxyl groups is 1. The molecule has 0 rings (SSSR count). The molecule has 88 valence electrons. The normalized spacial score (nSPS) is 12.1. The summed E-state index contributed by atoms with van der Waals surface area (Å²) in [7, 11) is 1.57. The summed E-state index contributed by atoms with van der Waals surface area (Å²) in [5.74, 6) is -0.620. The Morgan fingerprint density at radius 1 is 1.60 bits per heavy atom. The zero-order valence-corrected chi connectivity index (χ0v) is 8.98. The van der Waals surface area contributed by atoms with Gasteiger partial charge in [-0.2, -0.15) is 0 Å². The SMILES string of the molecule is C=CCC(CCOC)C(=O)OCOCO. The average Bonchev–Trinajstić information content (AvgIpc) is 2.24. The Hall–Kier alpha value is -0.910. The molecule has 5 nitrogen and oxygen atoms in total. The molecule has 1 atom stereocenters. The van der Waals surface area contributed by atoms with Gasteiger partial charge in [0.2, 0.25) is 0 Å². The Morgan fingerprint density at radius 2 is 2.33 bits per heavy atom. The molecule has 5 heteroatoms. The molecule has 0 fully saturated rings.